The van der Waals surface area contributed by atoms with Crippen LogP contribution >= 0.6 is 15.9 Å². The predicted molar refractivity (Wildman–Crippen MR) is 80.4 cm³/mol. The molecule has 0 nitrogen and oxygen atoms in total. The van der Waals surface area contributed by atoms with E-state index in [2.05, 4.69) is 34.1 Å². The lowest BCUT2D eigenvalue weighted by Gasteiger charge is -2.13. The molecule has 0 saturated heterocycles. The van der Waals surface area contributed by atoms with Gasteiger partial charge in [0.25, 0.3) is 0 Å². The van der Waals surface area contributed by atoms with E-state index in [0.717, 1.165) is 5.56 Å². The van der Waals surface area contributed by atoms with E-state index in [4.69, 9.17) is 0 Å². The number of aryl methyl sites for hydroxylation is 3. The summed E-state index contributed by atoms with van der Waals surface area (Å²) in [7, 11) is 0. The van der Waals surface area contributed by atoms with Crippen LogP contribution < -0.4 is 0 Å². The van der Waals surface area contributed by atoms with Gasteiger partial charge in [0.05, 0.1) is 4.83 Å². The average Bonchev–Trinajstić information content (AvgIpc) is 2.88. The molecule has 1 aliphatic carbocycles. The van der Waals surface area contributed by atoms with E-state index >= 15 is 0 Å². The molecule has 98 valence electrons. The highest BCUT2D eigenvalue weighted by Gasteiger charge is 2.16. The van der Waals surface area contributed by atoms with E-state index in [1.54, 1.807) is 13.0 Å². The van der Waals surface area contributed by atoms with Crippen molar-refractivity contribution in [3.05, 3.63) is 70.0 Å². The van der Waals surface area contributed by atoms with Crippen molar-refractivity contribution in [3.63, 3.8) is 0 Å². The summed E-state index contributed by atoms with van der Waals surface area (Å²) in [4.78, 5) is 0.0634. The smallest absolute Gasteiger partial charge is 0.126 e. The van der Waals surface area contributed by atoms with E-state index < -0.39 is 0 Å². The average molecular weight is 319 g/mol. The lowest BCUT2D eigenvalue weighted by Crippen LogP contribution is -1.96. The Morgan fingerprint density at radius 3 is 2.47 bits per heavy atom. The fourth-order valence-corrected chi connectivity index (χ4v) is 3.28. The van der Waals surface area contributed by atoms with Gasteiger partial charge in [0.1, 0.15) is 5.82 Å². The highest BCUT2D eigenvalue weighted by molar-refractivity contribution is 9.09. The highest BCUT2D eigenvalue weighted by Crippen LogP contribution is 2.34. The highest BCUT2D eigenvalue weighted by atomic mass is 79.9. The number of alkyl halides is 1. The fourth-order valence-electron chi connectivity index (χ4n) is 2.71. The molecule has 2 heteroatoms. The third-order valence-electron chi connectivity index (χ3n) is 3.90. The first kappa shape index (κ1) is 12.9. The molecule has 0 amide bonds. The van der Waals surface area contributed by atoms with E-state index in [1.807, 2.05) is 12.1 Å². The molecule has 0 aliphatic heterocycles. The molecule has 19 heavy (non-hydrogen) atoms. The van der Waals surface area contributed by atoms with Crippen LogP contribution in [-0.4, -0.2) is 0 Å². The van der Waals surface area contributed by atoms with Crippen molar-refractivity contribution in [2.45, 2.75) is 31.0 Å². The summed E-state index contributed by atoms with van der Waals surface area (Å²) >= 11 is 3.69. The first-order valence-corrected chi connectivity index (χ1v) is 7.58. The van der Waals surface area contributed by atoms with Gasteiger partial charge >= 0.3 is 0 Å². The molecule has 1 unspecified atom stereocenters. The maximum Gasteiger partial charge on any atom is 0.126 e. The predicted octanol–water partition coefficient (Wildman–Crippen LogP) is 5.11. The van der Waals surface area contributed by atoms with Crippen LogP contribution in [0.1, 0.15) is 39.1 Å². The molecule has 0 spiro atoms. The van der Waals surface area contributed by atoms with Gasteiger partial charge < -0.3 is 0 Å². The standard InChI is InChI=1S/C17H16BrF/c1-11-5-6-15(10-16(11)19)17(18)14-8-7-12-3-2-4-13(12)9-14/h5-10,17H,2-4H2,1H3. The van der Waals surface area contributed by atoms with Gasteiger partial charge in [-0.25, -0.2) is 4.39 Å². The summed E-state index contributed by atoms with van der Waals surface area (Å²) in [5, 5.41) is 0. The Kier molecular flexibility index (Phi) is 3.44. The van der Waals surface area contributed by atoms with Gasteiger partial charge in [-0.05, 0) is 60.1 Å². The zero-order valence-electron chi connectivity index (χ0n) is 10.9. The zero-order chi connectivity index (χ0) is 13.4. The molecule has 0 saturated carbocycles. The fraction of sp³-hybridized carbons (Fsp3) is 0.294. The van der Waals surface area contributed by atoms with Gasteiger partial charge in [-0.1, -0.05) is 46.3 Å². The summed E-state index contributed by atoms with van der Waals surface area (Å²) < 4.78 is 13.7. The summed E-state index contributed by atoms with van der Waals surface area (Å²) in [5.74, 6) is -0.136. The summed E-state index contributed by atoms with van der Waals surface area (Å²) in [6.45, 7) is 1.79. The van der Waals surface area contributed by atoms with Crippen LogP contribution in [0.5, 0.6) is 0 Å². The van der Waals surface area contributed by atoms with Crippen molar-refractivity contribution >= 4 is 15.9 Å². The Balaban J connectivity index is 1.94. The SMILES string of the molecule is Cc1ccc(C(Br)c2ccc3c(c2)CCC3)cc1F. The van der Waals surface area contributed by atoms with Crippen LogP contribution in [0.2, 0.25) is 0 Å². The van der Waals surface area contributed by atoms with Gasteiger partial charge in [-0.15, -0.1) is 0 Å². The Labute approximate surface area is 121 Å². The molecular weight excluding hydrogens is 303 g/mol. The van der Waals surface area contributed by atoms with Crippen LogP contribution in [0, 0.1) is 12.7 Å². The molecule has 1 atom stereocenters. The number of benzene rings is 2. The molecule has 0 bridgehead atoms. The Morgan fingerprint density at radius 2 is 1.68 bits per heavy atom. The van der Waals surface area contributed by atoms with Crippen molar-refractivity contribution < 1.29 is 4.39 Å². The van der Waals surface area contributed by atoms with Crippen LogP contribution in [0.25, 0.3) is 0 Å². The van der Waals surface area contributed by atoms with E-state index in [0.29, 0.717) is 5.56 Å². The lowest BCUT2D eigenvalue weighted by molar-refractivity contribution is 0.616. The van der Waals surface area contributed by atoms with E-state index in [9.17, 15) is 4.39 Å². The third-order valence-corrected chi connectivity index (χ3v) is 4.96. The van der Waals surface area contributed by atoms with Gasteiger partial charge in [0.15, 0.2) is 0 Å². The third kappa shape index (κ3) is 2.46. The lowest BCUT2D eigenvalue weighted by atomic mass is 9.99. The zero-order valence-corrected chi connectivity index (χ0v) is 12.5. The minimum Gasteiger partial charge on any atom is -0.207 e. The molecule has 0 N–H and O–H groups in total. The molecule has 2 aromatic carbocycles. The summed E-state index contributed by atoms with van der Waals surface area (Å²) in [5.41, 5.74) is 5.80. The maximum atomic E-state index is 13.7. The van der Waals surface area contributed by atoms with Crippen LogP contribution in [0.15, 0.2) is 36.4 Å². The van der Waals surface area contributed by atoms with Crippen LogP contribution in [0.3, 0.4) is 0 Å². The van der Waals surface area contributed by atoms with Gasteiger partial charge in [-0.2, -0.15) is 0 Å². The molecule has 0 heterocycles. The summed E-state index contributed by atoms with van der Waals surface area (Å²) in [6.07, 6.45) is 3.62. The Bertz CT molecular complexity index is 619. The molecule has 2 aromatic rings. The number of hydrogen-bond donors (Lipinski definition) is 0. The van der Waals surface area contributed by atoms with Crippen molar-refractivity contribution in [2.24, 2.45) is 0 Å². The van der Waals surface area contributed by atoms with Crippen molar-refractivity contribution in [2.75, 3.05) is 0 Å². The molecule has 0 fully saturated rings. The minimum absolute atomic E-state index is 0.0634. The second kappa shape index (κ2) is 5.09. The second-order valence-corrected chi connectivity index (χ2v) is 6.17. The quantitative estimate of drug-likeness (QED) is 0.675. The van der Waals surface area contributed by atoms with Crippen molar-refractivity contribution in [3.8, 4) is 0 Å². The first-order chi connectivity index (χ1) is 9.15. The van der Waals surface area contributed by atoms with Crippen molar-refractivity contribution in [1.82, 2.24) is 0 Å². The minimum atomic E-state index is -0.136. The number of hydrogen-bond acceptors (Lipinski definition) is 0. The normalized spacial score (nSPS) is 15.3. The van der Waals surface area contributed by atoms with Gasteiger partial charge in [0, 0.05) is 0 Å². The van der Waals surface area contributed by atoms with Gasteiger partial charge in [0.2, 0.25) is 0 Å². The van der Waals surface area contributed by atoms with Gasteiger partial charge in [-0.3, -0.25) is 0 Å². The molecule has 0 aromatic heterocycles. The number of fused-ring (bicyclic) bond motifs is 1. The maximum absolute atomic E-state index is 13.7. The molecule has 0 radical (unpaired) electrons. The topological polar surface area (TPSA) is 0 Å². The van der Waals surface area contributed by atoms with E-state index in [1.165, 1.54) is 36.0 Å². The monoisotopic (exact) mass is 318 g/mol. The van der Waals surface area contributed by atoms with Crippen LogP contribution in [0.4, 0.5) is 4.39 Å². The van der Waals surface area contributed by atoms with Crippen molar-refractivity contribution in [1.29, 1.82) is 0 Å². The second-order valence-electron chi connectivity index (χ2n) is 5.25. The number of halogens is 2. The molecule has 1 aliphatic rings. The Hall–Kier alpha value is -1.15. The first-order valence-electron chi connectivity index (χ1n) is 6.67. The largest absolute Gasteiger partial charge is 0.207 e. The molecular formula is C17H16BrF. The Morgan fingerprint density at radius 1 is 1.00 bits per heavy atom. The molecule has 3 rings (SSSR count). The number of rotatable bonds is 2. The summed E-state index contributed by atoms with van der Waals surface area (Å²) in [6, 6.07) is 12.1. The van der Waals surface area contributed by atoms with E-state index in [-0.39, 0.29) is 10.6 Å². The van der Waals surface area contributed by atoms with Crippen LogP contribution in [-0.2, 0) is 12.8 Å².